The van der Waals surface area contributed by atoms with E-state index in [2.05, 4.69) is 22.5 Å². The van der Waals surface area contributed by atoms with Crippen LogP contribution in [0.4, 0.5) is 0 Å². The molecule has 0 bridgehead atoms. The molecular formula is C10H19N3S. The molecule has 0 aromatic heterocycles. The summed E-state index contributed by atoms with van der Waals surface area (Å²) in [7, 11) is 0. The van der Waals surface area contributed by atoms with Crippen molar-refractivity contribution in [3.63, 3.8) is 0 Å². The number of hydrogen-bond acceptors (Lipinski definition) is 2. The lowest BCUT2D eigenvalue weighted by atomic mass is 9.85. The summed E-state index contributed by atoms with van der Waals surface area (Å²) in [6, 6.07) is 0.742. The molecule has 0 spiro atoms. The molecule has 0 aromatic carbocycles. The van der Waals surface area contributed by atoms with Crippen LogP contribution in [-0.2, 0) is 0 Å². The second-order valence-electron chi connectivity index (χ2n) is 4.42. The van der Waals surface area contributed by atoms with E-state index < -0.39 is 0 Å². The number of nitrogens with zero attached hydrogens (tertiary/aromatic N) is 1. The molecule has 0 radical (unpaired) electrons. The molecule has 0 amide bonds. The number of thiocarbonyl (C=S) groups is 1. The Labute approximate surface area is 91.2 Å². The highest BCUT2D eigenvalue weighted by molar-refractivity contribution is 7.80. The van der Waals surface area contributed by atoms with E-state index in [0.717, 1.165) is 30.4 Å². The van der Waals surface area contributed by atoms with Crippen LogP contribution >= 0.6 is 12.2 Å². The van der Waals surface area contributed by atoms with E-state index in [1.54, 1.807) is 0 Å². The van der Waals surface area contributed by atoms with E-state index in [-0.39, 0.29) is 0 Å². The third-order valence-electron chi connectivity index (χ3n) is 3.42. The van der Waals surface area contributed by atoms with Crippen LogP contribution in [0.2, 0.25) is 0 Å². The lowest BCUT2D eigenvalue weighted by molar-refractivity contribution is 0.0973. The summed E-state index contributed by atoms with van der Waals surface area (Å²) in [6.07, 6.45) is 5.52. The smallest absolute Gasteiger partial charge is 0.168 e. The third-order valence-corrected chi connectivity index (χ3v) is 3.71. The topological polar surface area (TPSA) is 27.3 Å². The van der Waals surface area contributed by atoms with E-state index in [0.29, 0.717) is 0 Å². The van der Waals surface area contributed by atoms with E-state index in [1.807, 2.05) is 0 Å². The van der Waals surface area contributed by atoms with Crippen molar-refractivity contribution in [2.45, 2.75) is 38.6 Å². The highest BCUT2D eigenvalue weighted by atomic mass is 32.1. The summed E-state index contributed by atoms with van der Waals surface area (Å²) < 4.78 is 0. The molecule has 2 atom stereocenters. The van der Waals surface area contributed by atoms with Crippen LogP contribution < -0.4 is 10.6 Å². The number of hydrogen-bond donors (Lipinski definition) is 2. The van der Waals surface area contributed by atoms with Crippen LogP contribution in [0, 0.1) is 5.92 Å². The van der Waals surface area contributed by atoms with Crippen molar-refractivity contribution < 1.29 is 0 Å². The zero-order valence-electron chi connectivity index (χ0n) is 8.75. The minimum Gasteiger partial charge on any atom is -0.350 e. The fourth-order valence-electron chi connectivity index (χ4n) is 2.54. The first-order chi connectivity index (χ1) is 6.77. The molecule has 2 unspecified atom stereocenters. The van der Waals surface area contributed by atoms with E-state index in [4.69, 9.17) is 12.2 Å². The maximum atomic E-state index is 5.04. The minimum absolute atomic E-state index is 0.742. The van der Waals surface area contributed by atoms with Crippen LogP contribution in [0.15, 0.2) is 0 Å². The van der Waals surface area contributed by atoms with Gasteiger partial charge in [-0.2, -0.15) is 0 Å². The predicted octanol–water partition coefficient (Wildman–Crippen LogP) is 1.26. The Balaban J connectivity index is 1.90. The van der Waals surface area contributed by atoms with Gasteiger partial charge in [-0.25, -0.2) is 0 Å². The van der Waals surface area contributed by atoms with Gasteiger partial charge in [0.25, 0.3) is 0 Å². The summed E-state index contributed by atoms with van der Waals surface area (Å²) in [5.74, 6) is 0.832. The molecule has 3 nitrogen and oxygen atoms in total. The van der Waals surface area contributed by atoms with Gasteiger partial charge in [-0.1, -0.05) is 19.8 Å². The van der Waals surface area contributed by atoms with Gasteiger partial charge in [-0.05, 0) is 31.0 Å². The Bertz CT molecular complexity index is 209. The third kappa shape index (κ3) is 2.17. The Hall–Kier alpha value is -0.350. The van der Waals surface area contributed by atoms with Gasteiger partial charge in [-0.3, -0.25) is 4.90 Å². The van der Waals surface area contributed by atoms with Crippen molar-refractivity contribution in [2.24, 2.45) is 5.92 Å². The molecule has 1 heterocycles. The van der Waals surface area contributed by atoms with Gasteiger partial charge < -0.3 is 10.6 Å². The van der Waals surface area contributed by atoms with Gasteiger partial charge in [0.15, 0.2) is 5.11 Å². The standard InChI is InChI=1S/C10H19N3S/c1-8-4-2-3-5-9(8)13-6-11-10(14)12-7-13/h8-9H,2-7H2,1H3,(H2,11,12,14). The molecule has 2 fully saturated rings. The average Bonchev–Trinajstić information content (AvgIpc) is 2.20. The number of nitrogens with one attached hydrogen (secondary N) is 2. The Morgan fingerprint density at radius 3 is 2.50 bits per heavy atom. The summed E-state index contributed by atoms with van der Waals surface area (Å²) in [6.45, 7) is 4.21. The summed E-state index contributed by atoms with van der Waals surface area (Å²) in [5, 5.41) is 7.19. The molecular weight excluding hydrogens is 194 g/mol. The summed E-state index contributed by atoms with van der Waals surface area (Å²) in [4.78, 5) is 2.47. The fourth-order valence-corrected chi connectivity index (χ4v) is 2.67. The fraction of sp³-hybridized carbons (Fsp3) is 0.900. The van der Waals surface area contributed by atoms with Gasteiger partial charge in [-0.15, -0.1) is 0 Å². The van der Waals surface area contributed by atoms with E-state index >= 15 is 0 Å². The van der Waals surface area contributed by atoms with Crippen LogP contribution in [0.25, 0.3) is 0 Å². The zero-order valence-corrected chi connectivity index (χ0v) is 9.57. The lowest BCUT2D eigenvalue weighted by Gasteiger charge is -2.41. The highest BCUT2D eigenvalue weighted by Crippen LogP contribution is 2.27. The monoisotopic (exact) mass is 213 g/mol. The van der Waals surface area contributed by atoms with Crippen molar-refractivity contribution in [1.29, 1.82) is 0 Å². The lowest BCUT2D eigenvalue weighted by Crippen LogP contribution is -2.58. The van der Waals surface area contributed by atoms with Crippen molar-refractivity contribution in [2.75, 3.05) is 13.3 Å². The largest absolute Gasteiger partial charge is 0.350 e. The van der Waals surface area contributed by atoms with Gasteiger partial charge in [0.2, 0.25) is 0 Å². The summed E-state index contributed by atoms with van der Waals surface area (Å²) in [5.41, 5.74) is 0. The predicted molar refractivity (Wildman–Crippen MR) is 61.9 cm³/mol. The van der Waals surface area contributed by atoms with Crippen molar-refractivity contribution in [3.8, 4) is 0 Å². The highest BCUT2D eigenvalue weighted by Gasteiger charge is 2.28. The van der Waals surface area contributed by atoms with Gasteiger partial charge >= 0.3 is 0 Å². The minimum atomic E-state index is 0.742. The molecule has 4 heteroatoms. The maximum Gasteiger partial charge on any atom is 0.168 e. The van der Waals surface area contributed by atoms with Crippen molar-refractivity contribution in [3.05, 3.63) is 0 Å². The molecule has 2 rings (SSSR count). The van der Waals surface area contributed by atoms with Gasteiger partial charge in [0.1, 0.15) is 0 Å². The number of rotatable bonds is 1. The zero-order chi connectivity index (χ0) is 9.97. The van der Waals surface area contributed by atoms with Crippen molar-refractivity contribution in [1.82, 2.24) is 15.5 Å². The molecule has 0 aromatic rings. The normalized spacial score (nSPS) is 34.8. The Morgan fingerprint density at radius 1 is 1.21 bits per heavy atom. The molecule has 80 valence electrons. The maximum absolute atomic E-state index is 5.04. The Morgan fingerprint density at radius 2 is 1.86 bits per heavy atom. The molecule has 2 aliphatic rings. The second kappa shape index (κ2) is 4.45. The molecule has 1 aliphatic heterocycles. The molecule has 2 N–H and O–H groups in total. The first-order valence-corrected chi connectivity index (χ1v) is 5.94. The van der Waals surface area contributed by atoms with Crippen LogP contribution in [0.5, 0.6) is 0 Å². The van der Waals surface area contributed by atoms with Crippen molar-refractivity contribution >= 4 is 17.3 Å². The molecule has 1 aliphatic carbocycles. The Kier molecular flexibility index (Phi) is 3.23. The van der Waals surface area contributed by atoms with Crippen LogP contribution in [0.1, 0.15) is 32.6 Å². The summed E-state index contributed by atoms with van der Waals surface area (Å²) >= 11 is 5.04. The molecule has 1 saturated carbocycles. The SMILES string of the molecule is CC1CCCCC1N1CNC(=S)NC1. The second-order valence-corrected chi connectivity index (χ2v) is 4.82. The first kappa shape index (κ1) is 10.2. The quantitative estimate of drug-likeness (QED) is 0.641. The average molecular weight is 213 g/mol. The van der Waals surface area contributed by atoms with E-state index in [9.17, 15) is 0 Å². The van der Waals surface area contributed by atoms with E-state index in [1.165, 1.54) is 25.7 Å². The van der Waals surface area contributed by atoms with Gasteiger partial charge in [0.05, 0.1) is 13.3 Å². The van der Waals surface area contributed by atoms with Crippen LogP contribution in [-0.4, -0.2) is 29.4 Å². The van der Waals surface area contributed by atoms with Gasteiger partial charge in [0, 0.05) is 6.04 Å². The molecule has 14 heavy (non-hydrogen) atoms. The molecule has 1 saturated heterocycles. The van der Waals surface area contributed by atoms with Crippen LogP contribution in [0.3, 0.4) is 0 Å². The first-order valence-electron chi connectivity index (χ1n) is 5.53.